The van der Waals surface area contributed by atoms with Gasteiger partial charge in [0.15, 0.2) is 0 Å². The van der Waals surface area contributed by atoms with Gasteiger partial charge in [0.25, 0.3) is 0 Å². The second-order valence-corrected chi connectivity index (χ2v) is 9.53. The highest BCUT2D eigenvalue weighted by Gasteiger charge is 2.38. The fourth-order valence-corrected chi connectivity index (χ4v) is 5.58. The highest BCUT2D eigenvalue weighted by atomic mass is 79.9. The lowest BCUT2D eigenvalue weighted by Crippen LogP contribution is -2.34. The van der Waals surface area contributed by atoms with E-state index in [0.717, 1.165) is 38.1 Å². The van der Waals surface area contributed by atoms with Gasteiger partial charge in [-0.1, -0.05) is 29.8 Å². The molecule has 1 aliphatic rings. The van der Waals surface area contributed by atoms with Crippen LogP contribution in [0.15, 0.2) is 34.8 Å². The van der Waals surface area contributed by atoms with Crippen LogP contribution in [0, 0.1) is 5.82 Å². The van der Waals surface area contributed by atoms with E-state index in [4.69, 9.17) is 32.0 Å². The molecule has 0 saturated carbocycles. The van der Waals surface area contributed by atoms with E-state index >= 15 is 0 Å². The molecule has 2 atom stereocenters. The molecule has 0 unspecified atom stereocenters. The average Bonchev–Trinajstić information content (AvgIpc) is 3.09. The molecule has 34 heavy (non-hydrogen) atoms. The van der Waals surface area contributed by atoms with Crippen molar-refractivity contribution in [3.05, 3.63) is 56.2 Å². The molecule has 0 spiro atoms. The van der Waals surface area contributed by atoms with Gasteiger partial charge < -0.3 is 20.9 Å². The maximum atomic E-state index is 13.9. The zero-order valence-corrected chi connectivity index (χ0v) is 20.5. The number of halogens is 6. The summed E-state index contributed by atoms with van der Waals surface area (Å²) >= 11 is 11.5. The van der Waals surface area contributed by atoms with E-state index in [-0.39, 0.29) is 18.0 Å². The van der Waals surface area contributed by atoms with Crippen molar-refractivity contribution in [2.75, 3.05) is 11.9 Å². The van der Waals surface area contributed by atoms with Crippen LogP contribution in [0.2, 0.25) is 5.15 Å². The second kappa shape index (κ2) is 11.2. The molecule has 4 N–H and O–H groups in total. The number of hydrogen-bond acceptors (Lipinski definition) is 6. The van der Waals surface area contributed by atoms with Gasteiger partial charge in [-0.05, 0) is 34.8 Å². The molecular weight excluding hydrogens is 566 g/mol. The number of hydrogen-bond donors (Lipinski definition) is 3. The largest absolute Gasteiger partial charge is 0.490 e. The van der Waals surface area contributed by atoms with Crippen molar-refractivity contribution < 1.29 is 32.2 Å². The lowest BCUT2D eigenvalue weighted by Gasteiger charge is -2.28. The SMILES string of the molecule is N[C@H]1CCCO[C@@H]1c1sc2c(NCc3ccccc3F)cc(Cl)nc2c1Br.O=C(O)C(F)(F)F. The van der Waals surface area contributed by atoms with Gasteiger partial charge in [0.05, 0.1) is 25.3 Å². The summed E-state index contributed by atoms with van der Waals surface area (Å²) in [6.07, 6.45) is -3.34. The van der Waals surface area contributed by atoms with Crippen LogP contribution in [0.4, 0.5) is 23.2 Å². The van der Waals surface area contributed by atoms with Crippen LogP contribution in [0.25, 0.3) is 10.2 Å². The Hall–Kier alpha value is -1.99. The maximum Gasteiger partial charge on any atom is 0.490 e. The summed E-state index contributed by atoms with van der Waals surface area (Å²) in [6, 6.07) is 8.42. The Kier molecular flexibility index (Phi) is 8.74. The average molecular weight is 585 g/mol. The summed E-state index contributed by atoms with van der Waals surface area (Å²) in [6.45, 7) is 1.05. The summed E-state index contributed by atoms with van der Waals surface area (Å²) in [5.74, 6) is -3.00. The number of carbonyl (C=O) groups is 1. The number of alkyl halides is 3. The van der Waals surface area contributed by atoms with Crippen LogP contribution in [0.1, 0.15) is 29.4 Å². The summed E-state index contributed by atoms with van der Waals surface area (Å²) in [5.41, 5.74) is 8.45. The topological polar surface area (TPSA) is 97.5 Å². The van der Waals surface area contributed by atoms with Crippen LogP contribution in [-0.4, -0.2) is 34.9 Å². The van der Waals surface area contributed by atoms with E-state index in [1.807, 2.05) is 6.07 Å². The lowest BCUT2D eigenvalue weighted by atomic mass is 10.0. The number of nitrogens with zero attached hydrogens (tertiary/aromatic N) is 1. The number of carboxylic acid groups (broad SMARTS) is 1. The second-order valence-electron chi connectivity index (χ2n) is 7.30. The third kappa shape index (κ3) is 6.36. The molecule has 1 fully saturated rings. The third-order valence-electron chi connectivity index (χ3n) is 4.87. The molecule has 1 aliphatic heterocycles. The molecule has 13 heteroatoms. The predicted molar refractivity (Wildman–Crippen MR) is 126 cm³/mol. The number of ether oxygens (including phenoxy) is 1. The van der Waals surface area contributed by atoms with Crippen LogP contribution in [-0.2, 0) is 16.1 Å². The molecule has 3 heterocycles. The van der Waals surface area contributed by atoms with Gasteiger partial charge in [-0.2, -0.15) is 13.2 Å². The molecule has 1 aromatic carbocycles. The van der Waals surface area contributed by atoms with E-state index in [9.17, 15) is 17.6 Å². The number of nitrogens with one attached hydrogen (secondary N) is 1. The van der Waals surface area contributed by atoms with Crippen LogP contribution in [0.3, 0.4) is 0 Å². The first-order chi connectivity index (χ1) is 16.0. The molecule has 6 nitrogen and oxygen atoms in total. The number of fused-ring (bicyclic) bond motifs is 1. The number of rotatable bonds is 4. The number of anilines is 1. The fourth-order valence-electron chi connectivity index (χ4n) is 3.25. The molecule has 3 aromatic rings. The lowest BCUT2D eigenvalue weighted by molar-refractivity contribution is -0.192. The van der Waals surface area contributed by atoms with Crippen LogP contribution in [0.5, 0.6) is 0 Å². The smallest absolute Gasteiger partial charge is 0.475 e. The first-order valence-corrected chi connectivity index (χ1v) is 11.9. The minimum absolute atomic E-state index is 0.0478. The van der Waals surface area contributed by atoms with Crippen molar-refractivity contribution in [3.63, 3.8) is 0 Å². The Bertz CT molecular complexity index is 1180. The Morgan fingerprint density at radius 3 is 2.68 bits per heavy atom. The van der Waals surface area contributed by atoms with Gasteiger partial charge in [-0.3, -0.25) is 0 Å². The quantitative estimate of drug-likeness (QED) is 0.247. The molecule has 0 bridgehead atoms. The van der Waals surface area contributed by atoms with Gasteiger partial charge in [-0.25, -0.2) is 14.2 Å². The Morgan fingerprint density at radius 2 is 2.06 bits per heavy atom. The summed E-state index contributed by atoms with van der Waals surface area (Å²) in [4.78, 5) is 14.4. The number of aromatic nitrogens is 1. The molecule has 184 valence electrons. The number of pyridine rings is 1. The van der Waals surface area contributed by atoms with Crippen molar-refractivity contribution >= 4 is 60.7 Å². The van der Waals surface area contributed by atoms with E-state index < -0.39 is 12.1 Å². The number of thiophene rings is 1. The Morgan fingerprint density at radius 1 is 1.38 bits per heavy atom. The Balaban J connectivity index is 0.000000406. The van der Waals surface area contributed by atoms with E-state index in [1.165, 1.54) is 6.07 Å². The van der Waals surface area contributed by atoms with Gasteiger partial charge in [-0.15, -0.1) is 11.3 Å². The van der Waals surface area contributed by atoms with Crippen molar-refractivity contribution in [1.82, 2.24) is 4.98 Å². The van der Waals surface area contributed by atoms with Crippen molar-refractivity contribution in [2.24, 2.45) is 5.73 Å². The highest BCUT2D eigenvalue weighted by molar-refractivity contribution is 9.10. The third-order valence-corrected chi connectivity index (χ3v) is 7.41. The van der Waals surface area contributed by atoms with E-state index in [0.29, 0.717) is 23.9 Å². The fraction of sp³-hybridized carbons (Fsp3) is 0.333. The van der Waals surface area contributed by atoms with Gasteiger partial charge in [0.1, 0.15) is 17.1 Å². The zero-order valence-electron chi connectivity index (χ0n) is 17.3. The summed E-state index contributed by atoms with van der Waals surface area (Å²) < 4.78 is 53.4. The molecular formula is C21H19BrClF4N3O3S. The van der Waals surface area contributed by atoms with Crippen molar-refractivity contribution in [2.45, 2.75) is 37.7 Å². The van der Waals surface area contributed by atoms with E-state index in [1.54, 1.807) is 29.5 Å². The van der Waals surface area contributed by atoms with Crippen LogP contribution < -0.4 is 11.1 Å². The summed E-state index contributed by atoms with van der Waals surface area (Å²) in [5, 5.41) is 10.8. The number of benzene rings is 1. The molecule has 2 aromatic heterocycles. The minimum Gasteiger partial charge on any atom is -0.475 e. The number of aliphatic carboxylic acids is 1. The van der Waals surface area contributed by atoms with Crippen molar-refractivity contribution in [1.29, 1.82) is 0 Å². The first kappa shape index (κ1) is 26.6. The normalized spacial score (nSPS) is 18.3. The Labute approximate surface area is 209 Å². The van der Waals surface area contributed by atoms with Gasteiger partial charge in [0, 0.05) is 30.8 Å². The van der Waals surface area contributed by atoms with Crippen LogP contribution >= 0.6 is 38.9 Å². The highest BCUT2D eigenvalue weighted by Crippen LogP contribution is 2.45. The molecule has 0 amide bonds. The molecule has 0 radical (unpaired) electrons. The monoisotopic (exact) mass is 583 g/mol. The predicted octanol–water partition coefficient (Wildman–Crippen LogP) is 6.28. The molecule has 1 saturated heterocycles. The summed E-state index contributed by atoms with van der Waals surface area (Å²) in [7, 11) is 0. The van der Waals surface area contributed by atoms with E-state index in [2.05, 4.69) is 26.2 Å². The van der Waals surface area contributed by atoms with Gasteiger partial charge >= 0.3 is 12.1 Å². The zero-order chi connectivity index (χ0) is 25.0. The van der Waals surface area contributed by atoms with Crippen molar-refractivity contribution in [3.8, 4) is 0 Å². The minimum atomic E-state index is -5.08. The standard InChI is InChI=1S/C19H18BrClFN3OS.C2HF3O2/c20-15-16-18(27-19(15)17-12(23)6-3-7-26-17)13(8-14(21)25-16)24-9-10-4-1-2-5-11(10)22;3-2(4,5)1(6)7/h1-2,4-5,8,12,17H,3,6-7,9,23H2,(H,24,25);(H,6,7)/t12-,17-;/m0./s1. The number of nitrogens with two attached hydrogens (primary N) is 1. The maximum absolute atomic E-state index is 13.9. The molecule has 0 aliphatic carbocycles. The number of carboxylic acids is 1. The van der Waals surface area contributed by atoms with Gasteiger partial charge in [0.2, 0.25) is 0 Å². The first-order valence-electron chi connectivity index (χ1n) is 9.92. The molecule has 4 rings (SSSR count).